The molecule has 0 atom stereocenters. The molecule has 2 aromatic carbocycles. The predicted octanol–water partition coefficient (Wildman–Crippen LogP) is 4.22. The van der Waals surface area contributed by atoms with Crippen LogP contribution in [0.25, 0.3) is 10.2 Å². The highest BCUT2D eigenvalue weighted by molar-refractivity contribution is 7.94. The monoisotopic (exact) mass is 487 g/mol. The number of amides is 1. The smallest absolute Gasteiger partial charge is 0.273 e. The van der Waals surface area contributed by atoms with Gasteiger partial charge in [-0.05, 0) is 47.8 Å². The number of likely N-dealkylation sites (N-methyl/N-ethyl adjacent to an activating group) is 1. The standard InChI is InChI=1S/C22H21N3O4S3/c1-24(14-20-23-18-6-3-4-7-19(18)31-20)21(26)15-29-17-11-9-16(10-12-17)25(2)32(27,28)22-8-5-13-30-22/h3-13H,14-15H2,1-2H3. The number of carbonyl (C=O) groups is 1. The molecular formula is C22H21N3O4S3. The summed E-state index contributed by atoms with van der Waals surface area (Å²) in [7, 11) is -0.374. The van der Waals surface area contributed by atoms with E-state index in [1.807, 2.05) is 24.3 Å². The molecule has 0 unspecified atom stereocenters. The summed E-state index contributed by atoms with van der Waals surface area (Å²) >= 11 is 2.74. The number of carbonyl (C=O) groups excluding carboxylic acids is 1. The van der Waals surface area contributed by atoms with Gasteiger partial charge in [0.1, 0.15) is 15.0 Å². The summed E-state index contributed by atoms with van der Waals surface area (Å²) in [5.74, 6) is 0.308. The van der Waals surface area contributed by atoms with E-state index in [0.717, 1.165) is 15.2 Å². The van der Waals surface area contributed by atoms with E-state index in [2.05, 4.69) is 4.98 Å². The Labute approximate surface area is 194 Å². The van der Waals surface area contributed by atoms with E-state index in [4.69, 9.17) is 4.74 Å². The number of anilines is 1. The number of nitrogens with zero attached hydrogens (tertiary/aromatic N) is 3. The number of ether oxygens (including phenoxy) is 1. The van der Waals surface area contributed by atoms with Crippen molar-refractivity contribution < 1.29 is 17.9 Å². The summed E-state index contributed by atoms with van der Waals surface area (Å²) in [6, 6.07) is 17.7. The summed E-state index contributed by atoms with van der Waals surface area (Å²) < 4.78 is 33.4. The van der Waals surface area contributed by atoms with Gasteiger partial charge in [-0.15, -0.1) is 22.7 Å². The van der Waals surface area contributed by atoms with Crippen molar-refractivity contribution in [1.82, 2.24) is 9.88 Å². The molecule has 0 aliphatic carbocycles. The van der Waals surface area contributed by atoms with Gasteiger partial charge in [-0.1, -0.05) is 18.2 Å². The zero-order valence-corrected chi connectivity index (χ0v) is 19.9. The maximum absolute atomic E-state index is 12.6. The first-order valence-corrected chi connectivity index (χ1v) is 12.8. The lowest BCUT2D eigenvalue weighted by Crippen LogP contribution is -2.30. The highest BCUT2D eigenvalue weighted by atomic mass is 32.2. The van der Waals surface area contributed by atoms with E-state index in [0.29, 0.717) is 18.0 Å². The van der Waals surface area contributed by atoms with Crippen LogP contribution in [0.1, 0.15) is 5.01 Å². The maximum atomic E-state index is 12.6. The lowest BCUT2D eigenvalue weighted by atomic mass is 10.3. The zero-order chi connectivity index (χ0) is 22.7. The van der Waals surface area contributed by atoms with E-state index < -0.39 is 10.0 Å². The van der Waals surface area contributed by atoms with Crippen molar-refractivity contribution >= 4 is 54.5 Å². The van der Waals surface area contributed by atoms with Gasteiger partial charge in [0, 0.05) is 14.1 Å². The van der Waals surface area contributed by atoms with E-state index in [-0.39, 0.29) is 16.7 Å². The van der Waals surface area contributed by atoms with Gasteiger partial charge in [0.2, 0.25) is 0 Å². The highest BCUT2D eigenvalue weighted by Gasteiger charge is 2.22. The second-order valence-electron chi connectivity index (χ2n) is 7.01. The van der Waals surface area contributed by atoms with Crippen molar-refractivity contribution in [1.29, 1.82) is 0 Å². The van der Waals surface area contributed by atoms with Crippen molar-refractivity contribution in [3.05, 3.63) is 71.1 Å². The van der Waals surface area contributed by atoms with Gasteiger partial charge >= 0.3 is 0 Å². The Morgan fingerprint density at radius 2 is 1.78 bits per heavy atom. The first-order chi connectivity index (χ1) is 15.3. The minimum atomic E-state index is -3.59. The zero-order valence-electron chi connectivity index (χ0n) is 17.5. The predicted molar refractivity (Wildman–Crippen MR) is 128 cm³/mol. The second-order valence-corrected chi connectivity index (χ2v) is 11.3. The number of thiophene rings is 1. The molecule has 0 bridgehead atoms. The van der Waals surface area contributed by atoms with Gasteiger partial charge in [0.25, 0.3) is 15.9 Å². The minimum absolute atomic E-state index is 0.121. The van der Waals surface area contributed by atoms with Crippen molar-refractivity contribution in [3.63, 3.8) is 0 Å². The van der Waals surface area contributed by atoms with E-state index >= 15 is 0 Å². The number of aromatic nitrogens is 1. The lowest BCUT2D eigenvalue weighted by Gasteiger charge is -2.19. The Morgan fingerprint density at radius 3 is 2.47 bits per heavy atom. The number of hydrogen-bond acceptors (Lipinski definition) is 7. The number of rotatable bonds is 8. The highest BCUT2D eigenvalue weighted by Crippen LogP contribution is 2.27. The number of thiazole rings is 1. The van der Waals surface area contributed by atoms with Crippen LogP contribution < -0.4 is 9.04 Å². The van der Waals surface area contributed by atoms with E-state index in [9.17, 15) is 13.2 Å². The fourth-order valence-electron chi connectivity index (χ4n) is 2.97. The molecule has 0 N–H and O–H groups in total. The fraction of sp³-hybridized carbons (Fsp3) is 0.182. The molecule has 0 fully saturated rings. The molecule has 32 heavy (non-hydrogen) atoms. The number of hydrogen-bond donors (Lipinski definition) is 0. The molecule has 0 aliphatic rings. The Bertz CT molecular complexity index is 1280. The summed E-state index contributed by atoms with van der Waals surface area (Å²) in [6.45, 7) is 0.288. The third-order valence-corrected chi connectivity index (χ3v) is 8.99. The first kappa shape index (κ1) is 22.3. The summed E-state index contributed by atoms with van der Waals surface area (Å²) in [5.41, 5.74) is 1.43. The van der Waals surface area contributed by atoms with Crippen LogP contribution in [-0.4, -0.2) is 44.9 Å². The first-order valence-electron chi connectivity index (χ1n) is 9.68. The Hall–Kier alpha value is -2.95. The van der Waals surface area contributed by atoms with Crippen LogP contribution in [0.15, 0.2) is 70.3 Å². The summed E-state index contributed by atoms with van der Waals surface area (Å²) in [5, 5.41) is 2.59. The molecule has 2 heterocycles. The van der Waals surface area contributed by atoms with Gasteiger partial charge < -0.3 is 9.64 Å². The summed E-state index contributed by atoms with van der Waals surface area (Å²) in [4.78, 5) is 18.6. The van der Waals surface area contributed by atoms with Crippen LogP contribution in [0.4, 0.5) is 5.69 Å². The number of benzene rings is 2. The van der Waals surface area contributed by atoms with Gasteiger partial charge in [-0.2, -0.15) is 0 Å². The molecule has 166 valence electrons. The van der Waals surface area contributed by atoms with Crippen molar-refractivity contribution in [2.75, 3.05) is 25.0 Å². The van der Waals surface area contributed by atoms with Gasteiger partial charge in [-0.3, -0.25) is 9.10 Å². The molecule has 0 aliphatic heterocycles. The Kier molecular flexibility index (Phi) is 6.45. The van der Waals surface area contributed by atoms with E-state index in [1.54, 1.807) is 65.1 Å². The molecule has 4 rings (SSSR count). The molecule has 0 saturated heterocycles. The normalized spacial score (nSPS) is 11.4. The molecule has 0 saturated carbocycles. The van der Waals surface area contributed by atoms with Gasteiger partial charge in [0.05, 0.1) is 22.4 Å². The average Bonchev–Trinajstić information content (AvgIpc) is 3.47. The quantitative estimate of drug-likeness (QED) is 0.372. The molecular weight excluding hydrogens is 466 g/mol. The second kappa shape index (κ2) is 9.27. The van der Waals surface area contributed by atoms with Crippen LogP contribution in [0, 0.1) is 0 Å². The fourth-order valence-corrected chi connectivity index (χ4v) is 6.35. The molecule has 0 spiro atoms. The van der Waals surface area contributed by atoms with Crippen molar-refractivity contribution in [2.24, 2.45) is 0 Å². The van der Waals surface area contributed by atoms with E-state index in [1.165, 1.54) is 22.7 Å². The van der Waals surface area contributed by atoms with Crippen molar-refractivity contribution in [2.45, 2.75) is 10.8 Å². The van der Waals surface area contributed by atoms with Crippen molar-refractivity contribution in [3.8, 4) is 5.75 Å². The molecule has 10 heteroatoms. The Morgan fingerprint density at radius 1 is 1.03 bits per heavy atom. The van der Waals surface area contributed by atoms with Gasteiger partial charge in [-0.25, -0.2) is 13.4 Å². The van der Waals surface area contributed by atoms with Crippen LogP contribution >= 0.6 is 22.7 Å². The maximum Gasteiger partial charge on any atom is 0.273 e. The largest absolute Gasteiger partial charge is 0.484 e. The molecule has 4 aromatic rings. The number of para-hydroxylation sites is 1. The average molecular weight is 488 g/mol. The topological polar surface area (TPSA) is 79.8 Å². The minimum Gasteiger partial charge on any atom is -0.484 e. The van der Waals surface area contributed by atoms with Crippen LogP contribution in [0.3, 0.4) is 0 Å². The lowest BCUT2D eigenvalue weighted by molar-refractivity contribution is -0.132. The number of fused-ring (bicyclic) bond motifs is 1. The SMILES string of the molecule is CN(Cc1nc2ccccc2s1)C(=O)COc1ccc(N(C)S(=O)(=O)c2cccs2)cc1. The third kappa shape index (κ3) is 4.77. The number of sulfonamides is 1. The van der Waals surface area contributed by atoms with Gasteiger partial charge in [0.15, 0.2) is 6.61 Å². The molecule has 0 radical (unpaired) electrons. The van der Waals surface area contributed by atoms with Crippen LogP contribution in [0.2, 0.25) is 0 Å². The van der Waals surface area contributed by atoms with Crippen LogP contribution in [-0.2, 0) is 21.4 Å². The third-order valence-electron chi connectivity index (χ3n) is 4.81. The Balaban J connectivity index is 1.33. The van der Waals surface area contributed by atoms with Crippen LogP contribution in [0.5, 0.6) is 5.75 Å². The molecule has 7 nitrogen and oxygen atoms in total. The molecule has 1 amide bonds. The molecule has 2 aromatic heterocycles. The summed E-state index contributed by atoms with van der Waals surface area (Å²) in [6.07, 6.45) is 0.